The number of rotatable bonds is 7. The van der Waals surface area contributed by atoms with Crippen LogP contribution >= 0.6 is 0 Å². The molecular formula is C24H24N4O2S. The van der Waals surface area contributed by atoms with Crippen LogP contribution in [0.3, 0.4) is 0 Å². The van der Waals surface area contributed by atoms with Gasteiger partial charge in [0.05, 0.1) is 22.0 Å². The van der Waals surface area contributed by atoms with Crippen molar-refractivity contribution in [3.63, 3.8) is 0 Å². The summed E-state index contributed by atoms with van der Waals surface area (Å²) in [4.78, 5) is 9.24. The van der Waals surface area contributed by atoms with Crippen LogP contribution in [0.4, 0.5) is 0 Å². The lowest BCUT2D eigenvalue weighted by atomic mass is 9.98. The Morgan fingerprint density at radius 3 is 2.52 bits per heavy atom. The molecule has 1 aliphatic carbocycles. The minimum atomic E-state index is -3.25. The van der Waals surface area contributed by atoms with Gasteiger partial charge in [0.15, 0.2) is 9.84 Å². The van der Waals surface area contributed by atoms with Crippen LogP contribution in [0.2, 0.25) is 0 Å². The third kappa shape index (κ3) is 5.06. The van der Waals surface area contributed by atoms with Crippen LogP contribution in [0.25, 0.3) is 16.8 Å². The summed E-state index contributed by atoms with van der Waals surface area (Å²) < 4.78 is 23.5. The summed E-state index contributed by atoms with van der Waals surface area (Å²) in [5, 5.41) is 12.2. The summed E-state index contributed by atoms with van der Waals surface area (Å²) in [7, 11) is -3.25. The van der Waals surface area contributed by atoms with Gasteiger partial charge >= 0.3 is 0 Å². The standard InChI is InChI=1S/C24H24N4O2S/c1-16-4-3-5-22(28-16)24(25)21(15-27-19-8-9-19)18-12-13-26-23(14-18)17-6-10-20(11-7-17)31(2,29)30/h3-7,10-15,19,25,27H,8-9H2,1-2H3/b21-15-,25-24?. The third-order valence-electron chi connectivity index (χ3n) is 5.10. The first-order chi connectivity index (χ1) is 14.8. The number of aryl methyl sites for hydroxylation is 1. The van der Waals surface area contributed by atoms with Gasteiger partial charge in [0.2, 0.25) is 0 Å². The molecule has 6 nitrogen and oxygen atoms in total. The number of aromatic nitrogens is 2. The maximum Gasteiger partial charge on any atom is 0.175 e. The molecule has 4 rings (SSSR count). The topological polar surface area (TPSA) is 95.8 Å². The van der Waals surface area contributed by atoms with Gasteiger partial charge in [0.25, 0.3) is 0 Å². The molecule has 0 radical (unpaired) electrons. The van der Waals surface area contributed by atoms with Crippen LogP contribution in [-0.2, 0) is 9.84 Å². The van der Waals surface area contributed by atoms with Gasteiger partial charge in [-0.2, -0.15) is 0 Å². The molecule has 0 bridgehead atoms. The average molecular weight is 433 g/mol. The zero-order valence-corrected chi connectivity index (χ0v) is 18.3. The molecule has 0 spiro atoms. The van der Waals surface area contributed by atoms with E-state index in [0.29, 0.717) is 23.1 Å². The summed E-state index contributed by atoms with van der Waals surface area (Å²) in [5.41, 5.74) is 4.91. The molecule has 1 fully saturated rings. The first-order valence-electron chi connectivity index (χ1n) is 10.1. The predicted octanol–water partition coefficient (Wildman–Crippen LogP) is 4.02. The van der Waals surface area contributed by atoms with E-state index < -0.39 is 9.84 Å². The number of benzene rings is 1. The smallest absolute Gasteiger partial charge is 0.175 e. The number of nitrogens with one attached hydrogen (secondary N) is 2. The maximum atomic E-state index is 11.7. The van der Waals surface area contributed by atoms with Crippen molar-refractivity contribution in [2.75, 3.05) is 6.26 Å². The third-order valence-corrected chi connectivity index (χ3v) is 6.23. The molecule has 1 aliphatic rings. The van der Waals surface area contributed by atoms with E-state index in [1.165, 1.54) is 6.26 Å². The highest BCUT2D eigenvalue weighted by atomic mass is 32.2. The van der Waals surface area contributed by atoms with E-state index in [2.05, 4.69) is 15.3 Å². The molecule has 2 aromatic heterocycles. The number of pyridine rings is 2. The van der Waals surface area contributed by atoms with Crippen molar-refractivity contribution >= 4 is 21.1 Å². The molecule has 0 aliphatic heterocycles. The Balaban J connectivity index is 1.71. The fourth-order valence-corrected chi connectivity index (χ4v) is 3.83. The highest BCUT2D eigenvalue weighted by molar-refractivity contribution is 7.90. The molecular weight excluding hydrogens is 408 g/mol. The van der Waals surface area contributed by atoms with Crippen molar-refractivity contribution in [1.82, 2.24) is 15.3 Å². The molecule has 158 valence electrons. The van der Waals surface area contributed by atoms with E-state index in [9.17, 15) is 8.42 Å². The molecule has 2 N–H and O–H groups in total. The van der Waals surface area contributed by atoms with Gasteiger partial charge in [-0.3, -0.25) is 15.4 Å². The molecule has 31 heavy (non-hydrogen) atoms. The van der Waals surface area contributed by atoms with Crippen LogP contribution in [0, 0.1) is 12.3 Å². The van der Waals surface area contributed by atoms with Crippen LogP contribution in [0.5, 0.6) is 0 Å². The molecule has 7 heteroatoms. The number of hydrogen-bond acceptors (Lipinski definition) is 6. The quantitative estimate of drug-likeness (QED) is 0.550. The van der Waals surface area contributed by atoms with E-state index in [0.717, 1.165) is 35.2 Å². The van der Waals surface area contributed by atoms with E-state index in [4.69, 9.17) is 5.41 Å². The molecule has 2 heterocycles. The Morgan fingerprint density at radius 2 is 1.87 bits per heavy atom. The Labute approximate surface area is 182 Å². The summed E-state index contributed by atoms with van der Waals surface area (Å²) >= 11 is 0. The van der Waals surface area contributed by atoms with Gasteiger partial charge in [-0.25, -0.2) is 8.42 Å². The fourth-order valence-electron chi connectivity index (χ4n) is 3.20. The van der Waals surface area contributed by atoms with Crippen molar-refractivity contribution in [3.05, 3.63) is 83.9 Å². The van der Waals surface area contributed by atoms with E-state index in [1.807, 2.05) is 43.5 Å². The van der Waals surface area contributed by atoms with E-state index in [-0.39, 0.29) is 4.90 Å². The van der Waals surface area contributed by atoms with E-state index >= 15 is 0 Å². The van der Waals surface area contributed by atoms with Crippen molar-refractivity contribution in [2.24, 2.45) is 0 Å². The van der Waals surface area contributed by atoms with E-state index in [1.54, 1.807) is 30.5 Å². The molecule has 3 aromatic rings. The van der Waals surface area contributed by atoms with Crippen molar-refractivity contribution in [2.45, 2.75) is 30.7 Å². The highest BCUT2D eigenvalue weighted by Crippen LogP contribution is 2.26. The molecule has 0 saturated heterocycles. The number of hydrogen-bond donors (Lipinski definition) is 2. The van der Waals surface area contributed by atoms with Crippen LogP contribution in [0.1, 0.15) is 29.8 Å². The zero-order valence-electron chi connectivity index (χ0n) is 17.5. The summed E-state index contributed by atoms with van der Waals surface area (Å²) in [6, 6.07) is 16.6. The first-order valence-corrected chi connectivity index (χ1v) is 12.0. The number of sulfone groups is 1. The van der Waals surface area contributed by atoms with Gasteiger partial charge in [0.1, 0.15) is 0 Å². The zero-order chi connectivity index (χ0) is 22.0. The van der Waals surface area contributed by atoms with Gasteiger partial charge in [-0.05, 0) is 61.7 Å². The Morgan fingerprint density at radius 1 is 1.13 bits per heavy atom. The number of nitrogens with zero attached hydrogens (tertiary/aromatic N) is 2. The fraction of sp³-hybridized carbons (Fsp3) is 0.208. The molecule has 0 atom stereocenters. The second-order valence-corrected chi connectivity index (χ2v) is 9.78. The minimum absolute atomic E-state index is 0.272. The summed E-state index contributed by atoms with van der Waals surface area (Å²) in [6.45, 7) is 1.91. The van der Waals surface area contributed by atoms with Crippen LogP contribution < -0.4 is 5.32 Å². The Kier molecular flexibility index (Phi) is 5.69. The van der Waals surface area contributed by atoms with Crippen molar-refractivity contribution in [1.29, 1.82) is 5.41 Å². The normalized spacial score (nSPS) is 14.3. The Bertz CT molecular complexity index is 1260. The van der Waals surface area contributed by atoms with Gasteiger partial charge < -0.3 is 5.32 Å². The molecule has 1 aromatic carbocycles. The van der Waals surface area contributed by atoms with Gasteiger partial charge in [-0.1, -0.05) is 18.2 Å². The summed E-state index contributed by atoms with van der Waals surface area (Å²) in [5.74, 6) is 0. The average Bonchev–Trinajstić information content (AvgIpc) is 3.58. The molecule has 0 unspecified atom stereocenters. The van der Waals surface area contributed by atoms with Crippen molar-refractivity contribution < 1.29 is 8.42 Å². The van der Waals surface area contributed by atoms with Gasteiger partial charge in [0, 0.05) is 41.5 Å². The highest BCUT2D eigenvalue weighted by Gasteiger charge is 2.21. The summed E-state index contributed by atoms with van der Waals surface area (Å²) in [6.07, 6.45) is 7.06. The molecule has 1 saturated carbocycles. The van der Waals surface area contributed by atoms with Crippen LogP contribution in [0.15, 0.2) is 71.9 Å². The van der Waals surface area contributed by atoms with Crippen LogP contribution in [-0.4, -0.2) is 36.4 Å². The second-order valence-electron chi connectivity index (χ2n) is 7.76. The minimum Gasteiger partial charge on any atom is -0.388 e. The second kappa shape index (κ2) is 8.43. The van der Waals surface area contributed by atoms with Gasteiger partial charge in [-0.15, -0.1) is 0 Å². The maximum absolute atomic E-state index is 11.7. The van der Waals surface area contributed by atoms with Crippen molar-refractivity contribution in [3.8, 4) is 11.3 Å². The monoisotopic (exact) mass is 432 g/mol. The predicted molar refractivity (Wildman–Crippen MR) is 123 cm³/mol. The number of allylic oxidation sites excluding steroid dienone is 1. The lowest BCUT2D eigenvalue weighted by Gasteiger charge is -2.12. The Hall–Kier alpha value is -3.32. The SMILES string of the molecule is Cc1cccc(C(=N)/C(=C\NC2CC2)c2ccnc(-c3ccc(S(C)(=O)=O)cc3)c2)n1. The lowest BCUT2D eigenvalue weighted by molar-refractivity contribution is 0.602. The first kappa shape index (κ1) is 20.9. The lowest BCUT2D eigenvalue weighted by Crippen LogP contribution is -2.13. The largest absolute Gasteiger partial charge is 0.388 e. The molecule has 0 amide bonds.